The molecule has 5 N–H and O–H groups in total. The van der Waals surface area contributed by atoms with Crippen molar-refractivity contribution in [3.8, 4) is 29.4 Å². The Kier molecular flexibility index (Phi) is 8.24. The number of alkyl halides is 3. The minimum Gasteiger partial charge on any atom is -0.406 e. The van der Waals surface area contributed by atoms with Crippen molar-refractivity contribution in [1.82, 2.24) is 10.8 Å². The number of rotatable bonds is 5. The van der Waals surface area contributed by atoms with Gasteiger partial charge in [-0.05, 0) is 67.3 Å². The van der Waals surface area contributed by atoms with Crippen LogP contribution in [0.4, 0.5) is 13.2 Å². The first-order chi connectivity index (χ1) is 15.1. The summed E-state index contributed by atoms with van der Waals surface area (Å²) in [4.78, 5) is 23.8. The fraction of sp³-hybridized carbons (Fsp3) is 0.182. The molecule has 166 valence electrons. The zero-order valence-electron chi connectivity index (χ0n) is 16.7. The van der Waals surface area contributed by atoms with Crippen molar-refractivity contribution >= 4 is 11.8 Å². The fourth-order valence-corrected chi connectivity index (χ4v) is 2.38. The third-order valence-corrected chi connectivity index (χ3v) is 3.92. The summed E-state index contributed by atoms with van der Waals surface area (Å²) in [5.74, 6) is 8.89. The Hall–Kier alpha value is -3.99. The molecule has 0 aromatic heterocycles. The van der Waals surface area contributed by atoms with Crippen molar-refractivity contribution in [2.75, 3.05) is 0 Å². The zero-order valence-corrected chi connectivity index (χ0v) is 16.7. The molecule has 0 unspecified atom stereocenters. The molecule has 2 rings (SSSR count). The molecule has 2 aromatic carbocycles. The molecule has 2 amide bonds. The van der Waals surface area contributed by atoms with Crippen LogP contribution >= 0.6 is 0 Å². The van der Waals surface area contributed by atoms with Gasteiger partial charge < -0.3 is 15.8 Å². The van der Waals surface area contributed by atoms with Crippen LogP contribution in [0.3, 0.4) is 0 Å². The van der Waals surface area contributed by atoms with Crippen LogP contribution in [-0.4, -0.2) is 35.5 Å². The second kappa shape index (κ2) is 10.9. The van der Waals surface area contributed by atoms with Gasteiger partial charge in [-0.15, -0.1) is 13.2 Å². The van der Waals surface area contributed by atoms with E-state index >= 15 is 0 Å². The molecule has 7 nitrogen and oxygen atoms in total. The highest BCUT2D eigenvalue weighted by atomic mass is 19.4. The van der Waals surface area contributed by atoms with Gasteiger partial charge in [0.2, 0.25) is 0 Å². The van der Waals surface area contributed by atoms with Gasteiger partial charge in [0, 0.05) is 22.7 Å². The summed E-state index contributed by atoms with van der Waals surface area (Å²) in [7, 11) is 0. The molecule has 0 radical (unpaired) electrons. The molecule has 2 aromatic rings. The first-order valence-corrected chi connectivity index (χ1v) is 9.07. The van der Waals surface area contributed by atoms with Crippen LogP contribution in [-0.2, 0) is 4.79 Å². The smallest absolute Gasteiger partial charge is 0.406 e. The highest BCUT2D eigenvalue weighted by Gasteiger charge is 2.30. The minimum atomic E-state index is -4.76. The summed E-state index contributed by atoms with van der Waals surface area (Å²) in [5, 5.41) is 11.1. The Morgan fingerprint density at radius 2 is 1.50 bits per heavy atom. The van der Waals surface area contributed by atoms with E-state index in [9.17, 15) is 22.8 Å². The zero-order chi connectivity index (χ0) is 23.7. The van der Waals surface area contributed by atoms with Gasteiger partial charge in [-0.3, -0.25) is 14.8 Å². The van der Waals surface area contributed by atoms with Gasteiger partial charge in [0.1, 0.15) is 11.8 Å². The topological polar surface area (TPSA) is 114 Å². The number of hydroxylamine groups is 1. The minimum absolute atomic E-state index is 0.249. The lowest BCUT2D eigenvalue weighted by atomic mass is 10.1. The second-order valence-electron chi connectivity index (χ2n) is 6.44. The number of ether oxygens (including phenoxy) is 1. The van der Waals surface area contributed by atoms with Crippen molar-refractivity contribution < 1.29 is 32.7 Å². The van der Waals surface area contributed by atoms with E-state index in [-0.39, 0.29) is 11.3 Å². The average molecular weight is 445 g/mol. The van der Waals surface area contributed by atoms with E-state index in [1.54, 1.807) is 12.1 Å². The third kappa shape index (κ3) is 7.69. The Morgan fingerprint density at radius 1 is 1.00 bits per heavy atom. The molecule has 0 saturated heterocycles. The number of halogens is 3. The highest BCUT2D eigenvalue weighted by Crippen LogP contribution is 2.22. The van der Waals surface area contributed by atoms with Crippen molar-refractivity contribution in [3.05, 3.63) is 65.2 Å². The molecule has 0 bridgehead atoms. The third-order valence-electron chi connectivity index (χ3n) is 3.92. The van der Waals surface area contributed by atoms with Crippen molar-refractivity contribution in [2.45, 2.75) is 25.4 Å². The molecule has 0 fully saturated rings. The van der Waals surface area contributed by atoms with Crippen molar-refractivity contribution in [1.29, 1.82) is 0 Å². The first kappa shape index (κ1) is 24.3. The molecule has 0 aliphatic rings. The predicted molar refractivity (Wildman–Crippen MR) is 108 cm³/mol. The number of carbonyl (C=O) groups excluding carboxylic acids is 2. The van der Waals surface area contributed by atoms with Crippen LogP contribution < -0.4 is 21.3 Å². The van der Waals surface area contributed by atoms with E-state index in [0.29, 0.717) is 11.1 Å². The Morgan fingerprint density at radius 3 is 1.94 bits per heavy atom. The number of benzene rings is 2. The molecule has 0 spiro atoms. The van der Waals surface area contributed by atoms with E-state index in [1.807, 2.05) is 0 Å². The van der Waals surface area contributed by atoms with Crippen LogP contribution in [0.5, 0.6) is 5.75 Å². The maximum absolute atomic E-state index is 12.3. The van der Waals surface area contributed by atoms with Crippen LogP contribution in [0.15, 0.2) is 48.5 Å². The van der Waals surface area contributed by atoms with E-state index < -0.39 is 30.3 Å². The number of carbonyl (C=O) groups is 2. The number of amides is 2. The maximum Gasteiger partial charge on any atom is 0.573 e. The van der Waals surface area contributed by atoms with Crippen molar-refractivity contribution in [3.63, 3.8) is 0 Å². The monoisotopic (exact) mass is 445 g/mol. The molecule has 0 aliphatic heterocycles. The van der Waals surface area contributed by atoms with E-state index in [0.717, 1.165) is 12.1 Å². The highest BCUT2D eigenvalue weighted by molar-refractivity contribution is 5.97. The van der Waals surface area contributed by atoms with Crippen LogP contribution in [0.1, 0.15) is 28.4 Å². The van der Waals surface area contributed by atoms with E-state index in [2.05, 4.69) is 33.7 Å². The van der Waals surface area contributed by atoms with Crippen molar-refractivity contribution in [2.24, 2.45) is 5.73 Å². The Balaban J connectivity index is 2.00. The molecular formula is C22H18F3N3O4. The van der Waals surface area contributed by atoms with E-state index in [1.165, 1.54) is 36.7 Å². The normalized spacial score (nSPS) is 12.2. The lowest BCUT2D eigenvalue weighted by Crippen LogP contribution is -2.54. The summed E-state index contributed by atoms with van der Waals surface area (Å²) < 4.78 is 40.2. The molecule has 2 atom stereocenters. The van der Waals surface area contributed by atoms with Gasteiger partial charge in [-0.2, -0.15) is 0 Å². The van der Waals surface area contributed by atoms with Gasteiger partial charge in [-0.25, -0.2) is 5.48 Å². The molecule has 0 aliphatic carbocycles. The largest absolute Gasteiger partial charge is 0.573 e. The molecule has 0 saturated carbocycles. The SMILES string of the molecule is C[C@@H](N)[C@H](NC(=O)c1ccc(C#CC#Cc2ccc(OC(F)(F)F)cc2)cc1)C(=O)NO. The molecule has 0 heterocycles. The quantitative estimate of drug-likeness (QED) is 0.319. The molecular weight excluding hydrogens is 427 g/mol. The maximum atomic E-state index is 12.3. The molecule has 32 heavy (non-hydrogen) atoms. The van der Waals surface area contributed by atoms with Gasteiger partial charge in [0.25, 0.3) is 11.8 Å². The first-order valence-electron chi connectivity index (χ1n) is 9.07. The summed E-state index contributed by atoms with van der Waals surface area (Å²) in [6, 6.07) is 9.30. The molecule has 10 heteroatoms. The van der Waals surface area contributed by atoms with Gasteiger partial charge >= 0.3 is 6.36 Å². The number of hydrogen-bond donors (Lipinski definition) is 4. The average Bonchev–Trinajstić information content (AvgIpc) is 2.74. The Labute approximate surface area is 181 Å². The lowest BCUT2D eigenvalue weighted by Gasteiger charge is -2.19. The summed E-state index contributed by atoms with van der Waals surface area (Å²) in [6.45, 7) is 1.50. The summed E-state index contributed by atoms with van der Waals surface area (Å²) in [6.07, 6.45) is -4.76. The standard InChI is InChI=1S/C22H18F3N3O4/c1-14(26)19(21(30)28-31)27-20(29)17-10-6-15(7-11-17)4-2-3-5-16-8-12-18(13-9-16)32-22(23,24)25/h6-14,19,31H,26H2,1H3,(H,27,29)(H,28,30)/t14-,19+/m1/s1. The summed E-state index contributed by atoms with van der Waals surface area (Å²) in [5.41, 5.74) is 8.35. The van der Waals surface area contributed by atoms with Crippen LogP contribution in [0, 0.1) is 23.7 Å². The van der Waals surface area contributed by atoms with Crippen LogP contribution in [0.25, 0.3) is 0 Å². The van der Waals surface area contributed by atoms with E-state index in [4.69, 9.17) is 10.9 Å². The number of hydrogen-bond acceptors (Lipinski definition) is 5. The predicted octanol–water partition coefficient (Wildman–Crippen LogP) is 1.94. The lowest BCUT2D eigenvalue weighted by molar-refractivity contribution is -0.274. The summed E-state index contributed by atoms with van der Waals surface area (Å²) >= 11 is 0. The number of nitrogens with two attached hydrogens (primary N) is 1. The number of nitrogens with one attached hydrogen (secondary N) is 2. The van der Waals surface area contributed by atoms with Gasteiger partial charge in [-0.1, -0.05) is 11.8 Å². The Bertz CT molecular complexity index is 1070. The van der Waals surface area contributed by atoms with Crippen LogP contribution in [0.2, 0.25) is 0 Å². The second-order valence-corrected chi connectivity index (χ2v) is 6.44. The van der Waals surface area contributed by atoms with Gasteiger partial charge in [0.15, 0.2) is 0 Å². The van der Waals surface area contributed by atoms with Gasteiger partial charge in [0.05, 0.1) is 0 Å². The fourth-order valence-electron chi connectivity index (χ4n) is 2.38.